The van der Waals surface area contributed by atoms with Gasteiger partial charge in [0.15, 0.2) is 0 Å². The number of carbonyl (C=O) groups excluding carboxylic acids is 2. The zero-order chi connectivity index (χ0) is 18.5. The first-order chi connectivity index (χ1) is 10.9. The number of aryl methyl sites for hydroxylation is 1. The van der Waals surface area contributed by atoms with Crippen LogP contribution in [0.4, 0.5) is 23.8 Å². The van der Waals surface area contributed by atoms with Gasteiger partial charge in [0.25, 0.3) is 0 Å². The van der Waals surface area contributed by atoms with Gasteiger partial charge in [0, 0.05) is 6.20 Å². The van der Waals surface area contributed by atoms with Gasteiger partial charge in [-0.3, -0.25) is 4.79 Å². The molecule has 0 spiro atoms. The van der Waals surface area contributed by atoms with E-state index in [4.69, 9.17) is 4.74 Å². The second kappa shape index (κ2) is 7.50. The summed E-state index contributed by atoms with van der Waals surface area (Å²) in [7, 11) is 0. The molecular weight excluding hydrogens is 327 g/mol. The SMILES string of the molecule is Cc1ccc(NC(=O)C(CC(F)(F)F)NC(=O)OC(C)(C)C)nc1. The molecule has 1 heterocycles. The molecule has 1 unspecified atom stereocenters. The molecule has 1 rings (SSSR count). The number of hydrogen-bond donors (Lipinski definition) is 2. The average molecular weight is 347 g/mol. The first-order valence-corrected chi connectivity index (χ1v) is 7.15. The number of carbonyl (C=O) groups is 2. The van der Waals surface area contributed by atoms with Crippen molar-refractivity contribution in [1.29, 1.82) is 0 Å². The highest BCUT2D eigenvalue weighted by molar-refractivity contribution is 5.95. The molecule has 0 saturated carbocycles. The molecule has 24 heavy (non-hydrogen) atoms. The van der Waals surface area contributed by atoms with Gasteiger partial charge < -0.3 is 15.4 Å². The van der Waals surface area contributed by atoms with Crippen molar-refractivity contribution >= 4 is 17.8 Å². The standard InChI is InChI=1S/C15H20F3N3O3/c1-9-5-6-11(19-8-9)21-12(22)10(7-15(16,17)18)20-13(23)24-14(2,3)4/h5-6,8,10H,7H2,1-4H3,(H,20,23)(H,19,21,22). The highest BCUT2D eigenvalue weighted by Crippen LogP contribution is 2.22. The number of halogens is 3. The smallest absolute Gasteiger partial charge is 0.408 e. The lowest BCUT2D eigenvalue weighted by Gasteiger charge is -2.23. The van der Waals surface area contributed by atoms with Gasteiger partial charge in [-0.2, -0.15) is 13.2 Å². The van der Waals surface area contributed by atoms with Crippen LogP contribution in [0.2, 0.25) is 0 Å². The number of nitrogens with one attached hydrogen (secondary N) is 2. The van der Waals surface area contributed by atoms with E-state index in [9.17, 15) is 22.8 Å². The quantitative estimate of drug-likeness (QED) is 0.877. The van der Waals surface area contributed by atoms with Crippen molar-refractivity contribution in [3.63, 3.8) is 0 Å². The fraction of sp³-hybridized carbons (Fsp3) is 0.533. The van der Waals surface area contributed by atoms with Crippen molar-refractivity contribution in [3.8, 4) is 0 Å². The van der Waals surface area contributed by atoms with E-state index in [0.29, 0.717) is 0 Å². The van der Waals surface area contributed by atoms with Gasteiger partial charge in [0.1, 0.15) is 17.5 Å². The third-order valence-corrected chi connectivity index (χ3v) is 2.61. The molecule has 1 atom stereocenters. The van der Waals surface area contributed by atoms with Gasteiger partial charge in [-0.1, -0.05) is 6.07 Å². The first kappa shape index (κ1) is 19.7. The molecule has 1 aromatic heterocycles. The van der Waals surface area contributed by atoms with Crippen molar-refractivity contribution in [2.75, 3.05) is 5.32 Å². The summed E-state index contributed by atoms with van der Waals surface area (Å²) >= 11 is 0. The van der Waals surface area contributed by atoms with Gasteiger partial charge in [-0.15, -0.1) is 0 Å². The van der Waals surface area contributed by atoms with Crippen LogP contribution in [0.15, 0.2) is 18.3 Å². The summed E-state index contributed by atoms with van der Waals surface area (Å²) in [6.07, 6.45) is -5.82. The van der Waals surface area contributed by atoms with Crippen LogP contribution in [0.3, 0.4) is 0 Å². The summed E-state index contributed by atoms with van der Waals surface area (Å²) in [6, 6.07) is 1.26. The summed E-state index contributed by atoms with van der Waals surface area (Å²) in [5.74, 6) is -0.946. The number of rotatable bonds is 4. The molecule has 0 aliphatic rings. The van der Waals surface area contributed by atoms with Crippen molar-refractivity contribution in [3.05, 3.63) is 23.9 Å². The van der Waals surface area contributed by atoms with Gasteiger partial charge in [0.05, 0.1) is 6.42 Å². The molecule has 0 aliphatic carbocycles. The molecule has 0 fully saturated rings. The number of aromatic nitrogens is 1. The molecule has 2 N–H and O–H groups in total. The van der Waals surface area contributed by atoms with Gasteiger partial charge in [0.2, 0.25) is 5.91 Å². The maximum atomic E-state index is 12.7. The van der Waals surface area contributed by atoms with Crippen LogP contribution < -0.4 is 10.6 Å². The highest BCUT2D eigenvalue weighted by atomic mass is 19.4. The van der Waals surface area contributed by atoms with E-state index in [1.54, 1.807) is 33.8 Å². The summed E-state index contributed by atoms with van der Waals surface area (Å²) < 4.78 is 42.9. The fourth-order valence-corrected chi connectivity index (χ4v) is 1.65. The van der Waals surface area contributed by atoms with Crippen LogP contribution in [0.5, 0.6) is 0 Å². The number of ether oxygens (including phenoxy) is 1. The lowest BCUT2D eigenvalue weighted by molar-refractivity contribution is -0.147. The lowest BCUT2D eigenvalue weighted by Crippen LogP contribution is -2.47. The second-order valence-electron chi connectivity index (χ2n) is 6.23. The predicted molar refractivity (Wildman–Crippen MR) is 81.4 cm³/mol. The molecule has 2 amide bonds. The summed E-state index contributed by atoms with van der Waals surface area (Å²) in [5, 5.41) is 4.18. The molecule has 6 nitrogen and oxygen atoms in total. The molecule has 9 heteroatoms. The molecule has 1 aromatic rings. The maximum absolute atomic E-state index is 12.7. The minimum atomic E-state index is -4.64. The van der Waals surface area contributed by atoms with Crippen LogP contribution in [-0.4, -0.2) is 34.8 Å². The Morgan fingerprint density at radius 1 is 1.25 bits per heavy atom. The number of nitrogens with zero attached hydrogens (tertiary/aromatic N) is 1. The Labute approximate surface area is 137 Å². The van der Waals surface area contributed by atoms with E-state index >= 15 is 0 Å². The molecule has 0 saturated heterocycles. The van der Waals surface area contributed by atoms with Gasteiger partial charge in [-0.25, -0.2) is 9.78 Å². The summed E-state index contributed by atoms with van der Waals surface area (Å²) in [6.45, 7) is 6.44. The molecule has 0 aromatic carbocycles. The minimum Gasteiger partial charge on any atom is -0.444 e. The first-order valence-electron chi connectivity index (χ1n) is 7.15. The van der Waals surface area contributed by atoms with Crippen molar-refractivity contribution in [1.82, 2.24) is 10.3 Å². The molecular formula is C15H20F3N3O3. The van der Waals surface area contributed by atoms with Crippen LogP contribution >= 0.6 is 0 Å². The number of hydrogen-bond acceptors (Lipinski definition) is 4. The van der Waals surface area contributed by atoms with Crippen LogP contribution in [-0.2, 0) is 9.53 Å². The number of pyridine rings is 1. The monoisotopic (exact) mass is 347 g/mol. The van der Waals surface area contributed by atoms with Crippen molar-refractivity contribution < 1.29 is 27.5 Å². The minimum absolute atomic E-state index is 0.0868. The molecule has 0 radical (unpaired) electrons. The number of alkyl halides is 3. The van der Waals surface area contributed by atoms with Crippen LogP contribution in [0.25, 0.3) is 0 Å². The van der Waals surface area contributed by atoms with E-state index in [1.165, 1.54) is 12.3 Å². The summed E-state index contributed by atoms with van der Waals surface area (Å²) in [5.41, 5.74) is -0.0753. The Balaban J connectivity index is 2.82. The Hall–Kier alpha value is -2.32. The second-order valence-corrected chi connectivity index (χ2v) is 6.23. The Morgan fingerprint density at radius 3 is 2.33 bits per heavy atom. The van der Waals surface area contributed by atoms with E-state index in [0.717, 1.165) is 5.56 Å². The third-order valence-electron chi connectivity index (χ3n) is 2.61. The van der Waals surface area contributed by atoms with E-state index in [-0.39, 0.29) is 5.82 Å². The highest BCUT2D eigenvalue weighted by Gasteiger charge is 2.37. The van der Waals surface area contributed by atoms with Crippen LogP contribution in [0, 0.1) is 6.92 Å². The van der Waals surface area contributed by atoms with Gasteiger partial charge >= 0.3 is 12.3 Å². The fourth-order valence-electron chi connectivity index (χ4n) is 1.65. The lowest BCUT2D eigenvalue weighted by atomic mass is 10.2. The Morgan fingerprint density at radius 2 is 1.88 bits per heavy atom. The normalized spacial score (nSPS) is 13.1. The summed E-state index contributed by atoms with van der Waals surface area (Å²) in [4.78, 5) is 27.6. The third kappa shape index (κ3) is 7.80. The average Bonchev–Trinajstić information content (AvgIpc) is 2.36. The van der Waals surface area contributed by atoms with E-state index in [1.807, 2.05) is 5.32 Å². The number of amides is 2. The molecule has 0 bridgehead atoms. The van der Waals surface area contributed by atoms with Crippen molar-refractivity contribution in [2.24, 2.45) is 0 Å². The Kier molecular flexibility index (Phi) is 6.16. The Bertz CT molecular complexity index is 580. The van der Waals surface area contributed by atoms with Crippen LogP contribution in [0.1, 0.15) is 32.8 Å². The molecule has 0 aliphatic heterocycles. The number of anilines is 1. The topological polar surface area (TPSA) is 80.3 Å². The number of alkyl carbamates (subject to hydrolysis) is 1. The zero-order valence-corrected chi connectivity index (χ0v) is 13.8. The van der Waals surface area contributed by atoms with E-state index < -0.39 is 36.2 Å². The van der Waals surface area contributed by atoms with E-state index in [2.05, 4.69) is 10.3 Å². The largest absolute Gasteiger partial charge is 0.444 e. The maximum Gasteiger partial charge on any atom is 0.408 e. The van der Waals surface area contributed by atoms with Crippen molar-refractivity contribution in [2.45, 2.75) is 51.9 Å². The predicted octanol–water partition coefficient (Wildman–Crippen LogP) is 3.17. The van der Waals surface area contributed by atoms with Gasteiger partial charge in [-0.05, 0) is 39.3 Å². The zero-order valence-electron chi connectivity index (χ0n) is 13.8. The molecule has 134 valence electrons.